The second kappa shape index (κ2) is 7.08. The zero-order valence-corrected chi connectivity index (χ0v) is 12.0. The van der Waals surface area contributed by atoms with E-state index in [-0.39, 0.29) is 28.9 Å². The van der Waals surface area contributed by atoms with Crippen LogP contribution in [0, 0.1) is 11.7 Å². The van der Waals surface area contributed by atoms with E-state index in [2.05, 4.69) is 0 Å². The first-order valence-electron chi connectivity index (χ1n) is 6.07. The summed E-state index contributed by atoms with van der Waals surface area (Å²) in [6.07, 6.45) is 1.76. The molecule has 1 aliphatic heterocycles. The molecule has 1 aromatic carbocycles. The highest BCUT2D eigenvalue weighted by molar-refractivity contribution is 6.31. The van der Waals surface area contributed by atoms with Crippen LogP contribution in [0.4, 0.5) is 4.39 Å². The topological polar surface area (TPSA) is 46.3 Å². The van der Waals surface area contributed by atoms with Gasteiger partial charge in [-0.25, -0.2) is 4.39 Å². The molecule has 0 spiro atoms. The number of carbonyl (C=O) groups is 1. The molecule has 0 aliphatic carbocycles. The maximum absolute atomic E-state index is 13.8. The van der Waals surface area contributed by atoms with Gasteiger partial charge >= 0.3 is 0 Å². The SMILES string of the molecule is Cl.NCC1CCN(C(=O)c2cccc(Cl)c2F)CC1. The van der Waals surface area contributed by atoms with Crippen molar-refractivity contribution in [3.63, 3.8) is 0 Å². The third-order valence-electron chi connectivity index (χ3n) is 3.42. The molecule has 0 radical (unpaired) electrons. The highest BCUT2D eigenvalue weighted by atomic mass is 35.5. The van der Waals surface area contributed by atoms with E-state index in [0.717, 1.165) is 12.8 Å². The van der Waals surface area contributed by atoms with E-state index in [1.165, 1.54) is 12.1 Å². The monoisotopic (exact) mass is 306 g/mol. The van der Waals surface area contributed by atoms with Crippen LogP contribution in [0.25, 0.3) is 0 Å². The maximum Gasteiger partial charge on any atom is 0.256 e. The molecule has 1 aliphatic rings. The molecule has 1 fully saturated rings. The summed E-state index contributed by atoms with van der Waals surface area (Å²) in [4.78, 5) is 13.8. The number of benzene rings is 1. The molecule has 106 valence electrons. The van der Waals surface area contributed by atoms with Crippen LogP contribution in [-0.2, 0) is 0 Å². The molecule has 2 N–H and O–H groups in total. The van der Waals surface area contributed by atoms with Gasteiger partial charge in [-0.15, -0.1) is 12.4 Å². The highest BCUT2D eigenvalue weighted by Gasteiger charge is 2.25. The number of halogens is 3. The van der Waals surface area contributed by atoms with Gasteiger partial charge in [-0.1, -0.05) is 17.7 Å². The number of piperidine rings is 1. The summed E-state index contributed by atoms with van der Waals surface area (Å²) in [5.41, 5.74) is 5.65. The smallest absolute Gasteiger partial charge is 0.256 e. The zero-order valence-electron chi connectivity index (χ0n) is 10.4. The molecule has 1 saturated heterocycles. The van der Waals surface area contributed by atoms with Crippen molar-refractivity contribution in [2.45, 2.75) is 12.8 Å². The van der Waals surface area contributed by atoms with Gasteiger partial charge in [-0.2, -0.15) is 0 Å². The van der Waals surface area contributed by atoms with Crippen LogP contribution in [0.15, 0.2) is 18.2 Å². The Morgan fingerprint density at radius 2 is 2.05 bits per heavy atom. The van der Waals surface area contributed by atoms with Gasteiger partial charge in [-0.3, -0.25) is 4.79 Å². The van der Waals surface area contributed by atoms with Crippen molar-refractivity contribution >= 4 is 29.9 Å². The lowest BCUT2D eigenvalue weighted by atomic mass is 9.96. The number of likely N-dealkylation sites (tertiary alicyclic amines) is 1. The molecule has 1 aromatic rings. The fraction of sp³-hybridized carbons (Fsp3) is 0.462. The molecular formula is C13H17Cl2FN2O. The fourth-order valence-corrected chi connectivity index (χ4v) is 2.39. The summed E-state index contributed by atoms with van der Waals surface area (Å²) in [5, 5.41) is -0.0160. The minimum atomic E-state index is -0.634. The van der Waals surface area contributed by atoms with Crippen LogP contribution in [0.5, 0.6) is 0 Å². The average Bonchev–Trinajstić information content (AvgIpc) is 2.41. The third-order valence-corrected chi connectivity index (χ3v) is 3.71. The summed E-state index contributed by atoms with van der Waals surface area (Å²) >= 11 is 5.68. The van der Waals surface area contributed by atoms with Gasteiger partial charge < -0.3 is 10.6 Å². The molecule has 0 saturated carbocycles. The Morgan fingerprint density at radius 1 is 1.42 bits per heavy atom. The minimum absolute atomic E-state index is 0. The molecule has 2 rings (SSSR count). The van der Waals surface area contributed by atoms with Crippen LogP contribution in [0.3, 0.4) is 0 Å². The molecule has 1 amide bonds. The van der Waals surface area contributed by atoms with Gasteiger partial charge in [0.1, 0.15) is 0 Å². The predicted octanol–water partition coefficient (Wildman–Crippen LogP) is 2.71. The number of hydrogen-bond donors (Lipinski definition) is 1. The Hall–Kier alpha value is -0.840. The molecule has 0 unspecified atom stereocenters. The molecule has 3 nitrogen and oxygen atoms in total. The van der Waals surface area contributed by atoms with Crippen molar-refractivity contribution in [2.24, 2.45) is 11.7 Å². The Balaban J connectivity index is 0.00000180. The van der Waals surface area contributed by atoms with E-state index in [0.29, 0.717) is 25.6 Å². The van der Waals surface area contributed by atoms with Gasteiger partial charge in [0.2, 0.25) is 0 Å². The number of nitrogens with two attached hydrogens (primary N) is 1. The van der Waals surface area contributed by atoms with Crippen LogP contribution in [0.2, 0.25) is 5.02 Å². The van der Waals surface area contributed by atoms with Gasteiger partial charge in [0.05, 0.1) is 10.6 Å². The number of hydrogen-bond acceptors (Lipinski definition) is 2. The normalized spacial score (nSPS) is 16.1. The van der Waals surface area contributed by atoms with Gasteiger partial charge in [-0.05, 0) is 37.4 Å². The summed E-state index contributed by atoms with van der Waals surface area (Å²) < 4.78 is 13.8. The van der Waals surface area contributed by atoms with Crippen LogP contribution in [-0.4, -0.2) is 30.4 Å². The molecular weight excluding hydrogens is 290 g/mol. The standard InChI is InChI=1S/C13H16ClFN2O.ClH/c14-11-3-1-2-10(12(11)15)13(18)17-6-4-9(8-16)5-7-17;/h1-3,9H,4-8,16H2;1H. The Bertz CT molecular complexity index is 448. The van der Waals surface area contributed by atoms with E-state index >= 15 is 0 Å². The quantitative estimate of drug-likeness (QED) is 0.913. The van der Waals surface area contributed by atoms with E-state index in [1.807, 2.05) is 0 Å². The lowest BCUT2D eigenvalue weighted by molar-refractivity contribution is 0.0688. The van der Waals surface area contributed by atoms with E-state index in [1.54, 1.807) is 11.0 Å². The third kappa shape index (κ3) is 3.59. The van der Waals surface area contributed by atoms with Crippen LogP contribution >= 0.6 is 24.0 Å². The lowest BCUT2D eigenvalue weighted by Crippen LogP contribution is -2.40. The Labute approximate surface area is 123 Å². The average molecular weight is 307 g/mol. The lowest BCUT2D eigenvalue weighted by Gasteiger charge is -2.31. The molecule has 0 atom stereocenters. The predicted molar refractivity (Wildman–Crippen MR) is 76.3 cm³/mol. The van der Waals surface area contributed by atoms with Gasteiger partial charge in [0, 0.05) is 13.1 Å². The number of carbonyl (C=O) groups excluding carboxylic acids is 1. The molecule has 0 bridgehead atoms. The van der Waals surface area contributed by atoms with Crippen LogP contribution < -0.4 is 5.73 Å². The first-order chi connectivity index (χ1) is 8.63. The summed E-state index contributed by atoms with van der Waals surface area (Å²) in [7, 11) is 0. The fourth-order valence-electron chi connectivity index (χ4n) is 2.21. The van der Waals surface area contributed by atoms with E-state index in [9.17, 15) is 9.18 Å². The summed E-state index contributed by atoms with van der Waals surface area (Å²) in [6.45, 7) is 1.91. The largest absolute Gasteiger partial charge is 0.339 e. The number of rotatable bonds is 2. The zero-order chi connectivity index (χ0) is 13.1. The van der Waals surface area contributed by atoms with Crippen LogP contribution in [0.1, 0.15) is 23.2 Å². The molecule has 19 heavy (non-hydrogen) atoms. The van der Waals surface area contributed by atoms with Crippen molar-refractivity contribution in [3.8, 4) is 0 Å². The second-order valence-corrected chi connectivity index (χ2v) is 4.98. The van der Waals surface area contributed by atoms with Crippen molar-refractivity contribution in [1.29, 1.82) is 0 Å². The maximum atomic E-state index is 13.8. The second-order valence-electron chi connectivity index (χ2n) is 4.57. The van der Waals surface area contributed by atoms with Gasteiger partial charge in [0.15, 0.2) is 5.82 Å². The van der Waals surface area contributed by atoms with Crippen molar-refractivity contribution in [3.05, 3.63) is 34.6 Å². The summed E-state index contributed by atoms with van der Waals surface area (Å²) in [6, 6.07) is 4.50. The minimum Gasteiger partial charge on any atom is -0.339 e. The first-order valence-corrected chi connectivity index (χ1v) is 6.44. The van der Waals surface area contributed by atoms with E-state index < -0.39 is 5.82 Å². The molecule has 0 aromatic heterocycles. The highest BCUT2D eigenvalue weighted by Crippen LogP contribution is 2.22. The van der Waals surface area contributed by atoms with Gasteiger partial charge in [0.25, 0.3) is 5.91 Å². The Kier molecular flexibility index (Phi) is 6.04. The number of amides is 1. The van der Waals surface area contributed by atoms with Crippen molar-refractivity contribution < 1.29 is 9.18 Å². The molecule has 1 heterocycles. The first kappa shape index (κ1) is 16.2. The molecule has 6 heteroatoms. The number of nitrogens with zero attached hydrogens (tertiary/aromatic N) is 1. The van der Waals surface area contributed by atoms with E-state index in [4.69, 9.17) is 17.3 Å². The Morgan fingerprint density at radius 3 is 2.63 bits per heavy atom. The van der Waals surface area contributed by atoms with Crippen molar-refractivity contribution in [1.82, 2.24) is 4.90 Å². The summed E-state index contributed by atoms with van der Waals surface area (Å²) in [5.74, 6) is -0.450. The van der Waals surface area contributed by atoms with Crippen molar-refractivity contribution in [2.75, 3.05) is 19.6 Å².